The lowest BCUT2D eigenvalue weighted by molar-refractivity contribution is -0.121. The van der Waals surface area contributed by atoms with Gasteiger partial charge in [-0.15, -0.1) is 0 Å². The van der Waals surface area contributed by atoms with Gasteiger partial charge in [0.2, 0.25) is 0 Å². The maximum atomic E-state index is 12.0. The molecule has 1 aliphatic rings. The average molecular weight is 283 g/mol. The highest BCUT2D eigenvalue weighted by Gasteiger charge is 2.25. The summed E-state index contributed by atoms with van der Waals surface area (Å²) in [4.78, 5) is 16.0. The summed E-state index contributed by atoms with van der Waals surface area (Å²) in [5.41, 5.74) is 0.774. The van der Waals surface area contributed by atoms with Crippen LogP contribution in [0.15, 0.2) is 18.2 Å². The molecular weight excluding hydrogens is 264 g/mol. The molecule has 0 fully saturated rings. The molecule has 0 radical (unpaired) electrons. The van der Waals surface area contributed by atoms with Gasteiger partial charge in [-0.05, 0) is 31.3 Å². The van der Waals surface area contributed by atoms with Gasteiger partial charge in [-0.2, -0.15) is 0 Å². The van der Waals surface area contributed by atoms with Crippen LogP contribution in [0.25, 0.3) is 0 Å². The van der Waals surface area contributed by atoms with Crippen LogP contribution in [-0.2, 0) is 4.79 Å². The lowest BCUT2D eigenvalue weighted by atomic mass is 10.2. The van der Waals surface area contributed by atoms with Gasteiger partial charge in [-0.25, -0.2) is 0 Å². The van der Waals surface area contributed by atoms with Gasteiger partial charge in [0.1, 0.15) is 5.75 Å². The molecule has 0 aliphatic carbocycles. The van der Waals surface area contributed by atoms with Crippen LogP contribution in [-0.4, -0.2) is 43.6 Å². The fraction of sp³-hybridized carbons (Fsp3) is 0.500. The van der Waals surface area contributed by atoms with Crippen molar-refractivity contribution < 1.29 is 9.53 Å². The van der Waals surface area contributed by atoms with Crippen molar-refractivity contribution in [2.24, 2.45) is 0 Å². The summed E-state index contributed by atoms with van der Waals surface area (Å²) >= 11 is 6.00. The van der Waals surface area contributed by atoms with Gasteiger partial charge in [0.25, 0.3) is 5.91 Å². The quantitative estimate of drug-likeness (QED) is 0.831. The zero-order valence-electron chi connectivity index (χ0n) is 11.4. The van der Waals surface area contributed by atoms with Crippen LogP contribution in [0.4, 0.5) is 5.69 Å². The fourth-order valence-electron chi connectivity index (χ4n) is 2.20. The third kappa shape index (κ3) is 3.19. The SMILES string of the molecule is CCN(CC)CCN1C(=O)COc2ccc(Cl)cc21. The second-order valence-electron chi connectivity index (χ2n) is 4.47. The van der Waals surface area contributed by atoms with Crippen LogP contribution in [0.1, 0.15) is 13.8 Å². The van der Waals surface area contributed by atoms with Crippen LogP contribution < -0.4 is 9.64 Å². The molecule has 4 nitrogen and oxygen atoms in total. The van der Waals surface area contributed by atoms with E-state index in [-0.39, 0.29) is 12.5 Å². The molecule has 0 N–H and O–H groups in total. The van der Waals surface area contributed by atoms with E-state index in [9.17, 15) is 4.79 Å². The van der Waals surface area contributed by atoms with Crippen molar-refractivity contribution in [1.82, 2.24) is 4.90 Å². The fourth-order valence-corrected chi connectivity index (χ4v) is 2.37. The molecule has 1 amide bonds. The Balaban J connectivity index is 2.16. The van der Waals surface area contributed by atoms with Crippen molar-refractivity contribution in [3.63, 3.8) is 0 Å². The number of rotatable bonds is 5. The summed E-state index contributed by atoms with van der Waals surface area (Å²) in [6.07, 6.45) is 0. The molecule has 0 bridgehead atoms. The van der Waals surface area contributed by atoms with Gasteiger partial charge in [-0.1, -0.05) is 25.4 Å². The number of anilines is 1. The predicted molar refractivity (Wildman–Crippen MR) is 77.1 cm³/mol. The molecule has 0 unspecified atom stereocenters. The van der Waals surface area contributed by atoms with E-state index in [1.807, 2.05) is 6.07 Å². The van der Waals surface area contributed by atoms with Crippen LogP contribution in [0.3, 0.4) is 0 Å². The van der Waals surface area contributed by atoms with Crippen molar-refractivity contribution in [3.8, 4) is 5.75 Å². The number of fused-ring (bicyclic) bond motifs is 1. The Morgan fingerprint density at radius 1 is 1.37 bits per heavy atom. The zero-order chi connectivity index (χ0) is 13.8. The molecule has 0 saturated heterocycles. The van der Waals surface area contributed by atoms with E-state index in [1.165, 1.54) is 0 Å². The Morgan fingerprint density at radius 3 is 2.79 bits per heavy atom. The lowest BCUT2D eigenvalue weighted by Gasteiger charge is -2.31. The molecule has 1 aromatic carbocycles. The van der Waals surface area contributed by atoms with Crippen molar-refractivity contribution in [2.45, 2.75) is 13.8 Å². The minimum Gasteiger partial charge on any atom is -0.482 e. The Kier molecular flexibility index (Phi) is 4.66. The van der Waals surface area contributed by atoms with E-state index >= 15 is 0 Å². The maximum Gasteiger partial charge on any atom is 0.265 e. The highest BCUT2D eigenvalue weighted by Crippen LogP contribution is 2.34. The summed E-state index contributed by atoms with van der Waals surface area (Å²) in [6, 6.07) is 5.38. The summed E-state index contributed by atoms with van der Waals surface area (Å²) < 4.78 is 5.42. The van der Waals surface area contributed by atoms with E-state index in [2.05, 4.69) is 18.7 Å². The topological polar surface area (TPSA) is 32.8 Å². The summed E-state index contributed by atoms with van der Waals surface area (Å²) in [7, 11) is 0. The summed E-state index contributed by atoms with van der Waals surface area (Å²) in [5, 5.41) is 0.616. The second kappa shape index (κ2) is 6.26. The number of hydrogen-bond donors (Lipinski definition) is 0. The Labute approximate surface area is 118 Å². The third-order valence-electron chi connectivity index (χ3n) is 3.40. The minimum atomic E-state index is -0.0121. The normalized spacial score (nSPS) is 14.5. The van der Waals surface area contributed by atoms with Crippen molar-refractivity contribution in [1.29, 1.82) is 0 Å². The van der Waals surface area contributed by atoms with Gasteiger partial charge in [0, 0.05) is 18.1 Å². The lowest BCUT2D eigenvalue weighted by Crippen LogP contribution is -2.43. The van der Waals surface area contributed by atoms with Crippen molar-refractivity contribution in [3.05, 3.63) is 23.2 Å². The minimum absolute atomic E-state index is 0.0121. The molecule has 19 heavy (non-hydrogen) atoms. The van der Waals surface area contributed by atoms with Crippen LogP contribution in [0.5, 0.6) is 5.75 Å². The summed E-state index contributed by atoms with van der Waals surface area (Å²) in [5.74, 6) is 0.713. The average Bonchev–Trinajstić information content (AvgIpc) is 2.42. The molecule has 5 heteroatoms. The first-order valence-corrected chi connectivity index (χ1v) is 6.98. The second-order valence-corrected chi connectivity index (χ2v) is 4.91. The van der Waals surface area contributed by atoms with Crippen LogP contribution in [0, 0.1) is 0 Å². The number of halogens is 1. The Morgan fingerprint density at radius 2 is 2.11 bits per heavy atom. The van der Waals surface area contributed by atoms with E-state index < -0.39 is 0 Å². The first-order valence-electron chi connectivity index (χ1n) is 6.60. The van der Waals surface area contributed by atoms with Gasteiger partial charge in [0.05, 0.1) is 5.69 Å². The standard InChI is InChI=1S/C14H19ClN2O2/c1-3-16(4-2)7-8-17-12-9-11(15)5-6-13(12)19-10-14(17)18/h5-6,9H,3-4,7-8,10H2,1-2H3. The molecule has 0 aromatic heterocycles. The van der Waals surface area contributed by atoms with E-state index in [0.717, 1.165) is 31.1 Å². The number of carbonyl (C=O) groups is 1. The van der Waals surface area contributed by atoms with Crippen LogP contribution >= 0.6 is 11.6 Å². The predicted octanol–water partition coefficient (Wildman–Crippen LogP) is 2.41. The van der Waals surface area contributed by atoms with Crippen molar-refractivity contribution >= 4 is 23.2 Å². The van der Waals surface area contributed by atoms with Crippen molar-refractivity contribution in [2.75, 3.05) is 37.7 Å². The molecule has 0 spiro atoms. The number of amides is 1. The first-order chi connectivity index (χ1) is 9.15. The van der Waals surface area contributed by atoms with E-state index in [4.69, 9.17) is 16.3 Å². The number of ether oxygens (including phenoxy) is 1. The molecule has 1 heterocycles. The Hall–Kier alpha value is -1.26. The number of likely N-dealkylation sites (N-methyl/N-ethyl adjacent to an activating group) is 1. The van der Waals surface area contributed by atoms with Gasteiger partial charge >= 0.3 is 0 Å². The third-order valence-corrected chi connectivity index (χ3v) is 3.63. The number of nitrogens with zero attached hydrogens (tertiary/aromatic N) is 2. The highest BCUT2D eigenvalue weighted by atomic mass is 35.5. The number of benzene rings is 1. The molecule has 1 aliphatic heterocycles. The Bertz CT molecular complexity index is 461. The van der Waals surface area contributed by atoms with Gasteiger partial charge in [-0.3, -0.25) is 4.79 Å². The smallest absolute Gasteiger partial charge is 0.265 e. The monoisotopic (exact) mass is 282 g/mol. The molecule has 104 valence electrons. The highest BCUT2D eigenvalue weighted by molar-refractivity contribution is 6.31. The molecule has 0 saturated carbocycles. The largest absolute Gasteiger partial charge is 0.482 e. The van der Waals surface area contributed by atoms with E-state index in [1.54, 1.807) is 17.0 Å². The molecule has 2 rings (SSSR count). The van der Waals surface area contributed by atoms with Gasteiger partial charge in [0.15, 0.2) is 6.61 Å². The van der Waals surface area contributed by atoms with E-state index in [0.29, 0.717) is 11.6 Å². The zero-order valence-corrected chi connectivity index (χ0v) is 12.1. The number of hydrogen-bond acceptors (Lipinski definition) is 3. The van der Waals surface area contributed by atoms with Crippen LogP contribution in [0.2, 0.25) is 5.02 Å². The maximum absolute atomic E-state index is 12.0. The number of carbonyl (C=O) groups excluding carboxylic acids is 1. The first kappa shape index (κ1) is 14.2. The van der Waals surface area contributed by atoms with Gasteiger partial charge < -0.3 is 14.5 Å². The molecule has 1 aromatic rings. The molecule has 0 atom stereocenters. The summed E-state index contributed by atoms with van der Waals surface area (Å²) in [6.45, 7) is 7.83. The molecular formula is C14H19ClN2O2.